The Morgan fingerprint density at radius 3 is 2.65 bits per heavy atom. The summed E-state index contributed by atoms with van der Waals surface area (Å²) in [6.45, 7) is 4.24. The molecule has 0 amide bonds. The van der Waals surface area contributed by atoms with Gasteiger partial charge in [0.1, 0.15) is 0 Å². The van der Waals surface area contributed by atoms with Gasteiger partial charge in [-0.2, -0.15) is 0 Å². The van der Waals surface area contributed by atoms with Crippen LogP contribution >= 0.6 is 11.3 Å². The SMILES string of the molecule is Cc1ccc(Cc2nc(C(C)CO)cs2)cc1. The van der Waals surface area contributed by atoms with E-state index in [1.807, 2.05) is 12.3 Å². The molecule has 0 saturated carbocycles. The Labute approximate surface area is 106 Å². The Bertz CT molecular complexity index is 475. The third kappa shape index (κ3) is 3.14. The molecule has 2 rings (SSSR count). The molecule has 0 bridgehead atoms. The normalized spacial score (nSPS) is 12.6. The van der Waals surface area contributed by atoms with Crippen LogP contribution in [0.5, 0.6) is 0 Å². The van der Waals surface area contributed by atoms with E-state index in [1.165, 1.54) is 11.1 Å². The van der Waals surface area contributed by atoms with Crippen molar-refractivity contribution in [2.75, 3.05) is 6.61 Å². The molecule has 90 valence electrons. The second-order valence-corrected chi connectivity index (χ2v) is 5.35. The molecule has 1 atom stereocenters. The van der Waals surface area contributed by atoms with E-state index in [9.17, 15) is 0 Å². The predicted octanol–water partition coefficient (Wildman–Crippen LogP) is 3.14. The Balaban J connectivity index is 2.08. The molecule has 0 aliphatic carbocycles. The lowest BCUT2D eigenvalue weighted by Crippen LogP contribution is -1.99. The molecule has 2 aromatic rings. The molecule has 3 heteroatoms. The van der Waals surface area contributed by atoms with Gasteiger partial charge in [-0.05, 0) is 12.5 Å². The quantitative estimate of drug-likeness (QED) is 0.900. The summed E-state index contributed by atoms with van der Waals surface area (Å²) in [6, 6.07) is 8.54. The standard InChI is InChI=1S/C14H17NOS/c1-10-3-5-12(6-4-10)7-14-15-13(9-17-14)11(2)8-16/h3-6,9,11,16H,7-8H2,1-2H3. The summed E-state index contributed by atoms with van der Waals surface area (Å²) in [5.41, 5.74) is 3.57. The number of aliphatic hydroxyl groups excluding tert-OH is 1. The van der Waals surface area contributed by atoms with E-state index in [-0.39, 0.29) is 12.5 Å². The number of nitrogens with zero attached hydrogens (tertiary/aromatic N) is 1. The molecule has 1 N–H and O–H groups in total. The zero-order valence-corrected chi connectivity index (χ0v) is 11.0. The van der Waals surface area contributed by atoms with E-state index in [4.69, 9.17) is 5.11 Å². The van der Waals surface area contributed by atoms with Crippen LogP contribution in [0.25, 0.3) is 0 Å². The van der Waals surface area contributed by atoms with E-state index in [2.05, 4.69) is 36.2 Å². The summed E-state index contributed by atoms with van der Waals surface area (Å²) in [4.78, 5) is 4.56. The van der Waals surface area contributed by atoms with Crippen molar-refractivity contribution in [2.24, 2.45) is 0 Å². The molecule has 0 aliphatic heterocycles. The predicted molar refractivity (Wildman–Crippen MR) is 71.6 cm³/mol. The van der Waals surface area contributed by atoms with Gasteiger partial charge in [-0.3, -0.25) is 0 Å². The molecule has 2 nitrogen and oxygen atoms in total. The number of rotatable bonds is 4. The first kappa shape index (κ1) is 12.3. The smallest absolute Gasteiger partial charge is 0.0972 e. The maximum absolute atomic E-state index is 9.08. The Morgan fingerprint density at radius 1 is 1.29 bits per heavy atom. The average Bonchev–Trinajstić information content (AvgIpc) is 2.80. The third-order valence-corrected chi connectivity index (χ3v) is 3.69. The highest BCUT2D eigenvalue weighted by atomic mass is 32.1. The maximum atomic E-state index is 9.08. The number of thiazole rings is 1. The van der Waals surface area contributed by atoms with Crippen LogP contribution in [0.4, 0.5) is 0 Å². The van der Waals surface area contributed by atoms with E-state index in [0.717, 1.165) is 17.1 Å². The van der Waals surface area contributed by atoms with Gasteiger partial charge in [0.05, 0.1) is 17.3 Å². The second kappa shape index (κ2) is 5.43. The first-order chi connectivity index (χ1) is 8.19. The molecule has 0 radical (unpaired) electrons. The molecule has 1 heterocycles. The molecule has 1 aromatic heterocycles. The lowest BCUT2D eigenvalue weighted by Gasteiger charge is -2.02. The van der Waals surface area contributed by atoms with Gasteiger partial charge in [0, 0.05) is 17.7 Å². The number of aliphatic hydroxyl groups is 1. The van der Waals surface area contributed by atoms with Crippen molar-refractivity contribution in [3.05, 3.63) is 51.5 Å². The molecule has 1 aromatic carbocycles. The fourth-order valence-electron chi connectivity index (χ4n) is 1.61. The average molecular weight is 247 g/mol. The topological polar surface area (TPSA) is 33.1 Å². The first-order valence-corrected chi connectivity index (χ1v) is 6.67. The highest BCUT2D eigenvalue weighted by molar-refractivity contribution is 7.09. The largest absolute Gasteiger partial charge is 0.396 e. The molecule has 0 fully saturated rings. The fraction of sp³-hybridized carbons (Fsp3) is 0.357. The molecule has 0 spiro atoms. The molecular formula is C14H17NOS. The minimum Gasteiger partial charge on any atom is -0.396 e. The summed E-state index contributed by atoms with van der Waals surface area (Å²) in [5.74, 6) is 0.137. The van der Waals surface area contributed by atoms with Crippen molar-refractivity contribution >= 4 is 11.3 Å². The van der Waals surface area contributed by atoms with Crippen LogP contribution < -0.4 is 0 Å². The number of hydrogen-bond acceptors (Lipinski definition) is 3. The van der Waals surface area contributed by atoms with Crippen LogP contribution in [0.1, 0.15) is 34.7 Å². The number of aryl methyl sites for hydroxylation is 1. The van der Waals surface area contributed by atoms with Crippen LogP contribution in [-0.4, -0.2) is 16.7 Å². The van der Waals surface area contributed by atoms with Crippen LogP contribution in [0.3, 0.4) is 0 Å². The van der Waals surface area contributed by atoms with E-state index in [0.29, 0.717) is 0 Å². The minimum absolute atomic E-state index is 0.137. The van der Waals surface area contributed by atoms with Crippen LogP contribution in [-0.2, 0) is 6.42 Å². The van der Waals surface area contributed by atoms with Gasteiger partial charge in [0.15, 0.2) is 0 Å². The molecule has 1 unspecified atom stereocenters. The van der Waals surface area contributed by atoms with Gasteiger partial charge in [-0.25, -0.2) is 4.98 Å². The van der Waals surface area contributed by atoms with Crippen LogP contribution in [0, 0.1) is 6.92 Å². The van der Waals surface area contributed by atoms with Crippen molar-refractivity contribution in [3.63, 3.8) is 0 Å². The summed E-state index contributed by atoms with van der Waals surface area (Å²) in [5, 5.41) is 12.2. The van der Waals surface area contributed by atoms with E-state index >= 15 is 0 Å². The first-order valence-electron chi connectivity index (χ1n) is 5.79. The lowest BCUT2D eigenvalue weighted by atomic mass is 10.1. The Hall–Kier alpha value is -1.19. The van der Waals surface area contributed by atoms with Gasteiger partial charge in [-0.1, -0.05) is 36.8 Å². The van der Waals surface area contributed by atoms with Crippen molar-refractivity contribution in [2.45, 2.75) is 26.2 Å². The Morgan fingerprint density at radius 2 is 2.00 bits per heavy atom. The monoisotopic (exact) mass is 247 g/mol. The van der Waals surface area contributed by atoms with Gasteiger partial charge >= 0.3 is 0 Å². The second-order valence-electron chi connectivity index (χ2n) is 4.41. The molecular weight excluding hydrogens is 230 g/mol. The van der Waals surface area contributed by atoms with Crippen molar-refractivity contribution < 1.29 is 5.11 Å². The minimum atomic E-state index is 0.137. The van der Waals surface area contributed by atoms with E-state index in [1.54, 1.807) is 11.3 Å². The van der Waals surface area contributed by atoms with Crippen molar-refractivity contribution in [1.29, 1.82) is 0 Å². The van der Waals surface area contributed by atoms with Crippen LogP contribution in [0.15, 0.2) is 29.6 Å². The Kier molecular flexibility index (Phi) is 3.92. The van der Waals surface area contributed by atoms with Gasteiger partial charge in [0.2, 0.25) is 0 Å². The van der Waals surface area contributed by atoms with Crippen molar-refractivity contribution in [3.8, 4) is 0 Å². The van der Waals surface area contributed by atoms with Gasteiger partial charge in [-0.15, -0.1) is 11.3 Å². The highest BCUT2D eigenvalue weighted by Crippen LogP contribution is 2.20. The summed E-state index contributed by atoms with van der Waals surface area (Å²) in [7, 11) is 0. The molecule has 0 saturated heterocycles. The highest BCUT2D eigenvalue weighted by Gasteiger charge is 2.09. The summed E-state index contributed by atoms with van der Waals surface area (Å²) < 4.78 is 0. The molecule has 17 heavy (non-hydrogen) atoms. The van der Waals surface area contributed by atoms with E-state index < -0.39 is 0 Å². The maximum Gasteiger partial charge on any atom is 0.0972 e. The molecule has 0 aliphatic rings. The number of hydrogen-bond donors (Lipinski definition) is 1. The van der Waals surface area contributed by atoms with Gasteiger partial charge < -0.3 is 5.11 Å². The van der Waals surface area contributed by atoms with Crippen LogP contribution in [0.2, 0.25) is 0 Å². The fourth-order valence-corrected chi connectivity index (χ4v) is 2.56. The number of benzene rings is 1. The lowest BCUT2D eigenvalue weighted by molar-refractivity contribution is 0.271. The zero-order chi connectivity index (χ0) is 12.3. The van der Waals surface area contributed by atoms with Crippen molar-refractivity contribution in [1.82, 2.24) is 4.98 Å². The van der Waals surface area contributed by atoms with Gasteiger partial charge in [0.25, 0.3) is 0 Å². The summed E-state index contributed by atoms with van der Waals surface area (Å²) in [6.07, 6.45) is 0.878. The summed E-state index contributed by atoms with van der Waals surface area (Å²) >= 11 is 1.67. The zero-order valence-electron chi connectivity index (χ0n) is 10.2. The third-order valence-electron chi connectivity index (χ3n) is 2.82. The number of aromatic nitrogens is 1.